The zero-order valence-electron chi connectivity index (χ0n) is 7.09. The van der Waals surface area contributed by atoms with Crippen LogP contribution in [0.25, 0.3) is 0 Å². The Morgan fingerprint density at radius 2 is 2.21 bits per heavy atom. The molecule has 14 heavy (non-hydrogen) atoms. The first-order valence-corrected chi connectivity index (χ1v) is 4.13. The Morgan fingerprint density at radius 1 is 1.57 bits per heavy atom. The van der Waals surface area contributed by atoms with Gasteiger partial charge < -0.3 is 9.40 Å². The van der Waals surface area contributed by atoms with Crippen LogP contribution in [0.4, 0.5) is 0 Å². The maximum atomic E-state index is 10.5. The highest BCUT2D eigenvalue weighted by Crippen LogP contribution is 2.27. The summed E-state index contributed by atoms with van der Waals surface area (Å²) in [6.45, 7) is -0.593. The molecule has 6 heteroatoms. The molecule has 0 amide bonds. The smallest absolute Gasteiger partial charge is 0.264 e. The molecule has 1 rings (SSSR count). The molecular weight excluding hydrogens is 210 g/mol. The fourth-order valence-corrected chi connectivity index (χ4v) is 1.25. The number of rotatable bonds is 4. The van der Waals surface area contributed by atoms with E-state index >= 15 is 0 Å². The number of para-hydroxylation sites is 1. The lowest BCUT2D eigenvalue weighted by molar-refractivity contribution is -0.532. The zero-order chi connectivity index (χ0) is 10.6. The number of aliphatic hydroxyl groups is 1. The van der Waals surface area contributed by atoms with E-state index in [-0.39, 0.29) is 11.3 Å². The Bertz CT molecular complexity index is 331. The SMILES string of the molecule is O=[N+]([O-])C(CO)c1ccccc1OCl. The van der Waals surface area contributed by atoms with Crippen molar-refractivity contribution < 1.29 is 14.3 Å². The molecule has 0 bridgehead atoms. The number of benzene rings is 1. The van der Waals surface area contributed by atoms with Crippen LogP contribution < -0.4 is 4.29 Å². The molecule has 1 aromatic rings. The van der Waals surface area contributed by atoms with Crippen molar-refractivity contribution in [3.05, 3.63) is 39.9 Å². The van der Waals surface area contributed by atoms with Crippen molar-refractivity contribution in [3.63, 3.8) is 0 Å². The third-order valence-corrected chi connectivity index (χ3v) is 1.95. The third-order valence-electron chi connectivity index (χ3n) is 1.79. The second kappa shape index (κ2) is 4.78. The largest absolute Gasteiger partial charge is 0.389 e. The molecule has 1 unspecified atom stereocenters. The van der Waals surface area contributed by atoms with Crippen LogP contribution in [0.2, 0.25) is 0 Å². The molecule has 1 atom stereocenters. The molecule has 0 aliphatic heterocycles. The predicted octanol–water partition coefficient (Wildman–Crippen LogP) is 1.53. The van der Waals surface area contributed by atoms with Crippen LogP contribution in [-0.4, -0.2) is 16.6 Å². The lowest BCUT2D eigenvalue weighted by Crippen LogP contribution is -2.15. The first-order valence-electron chi connectivity index (χ1n) is 3.82. The molecule has 0 spiro atoms. The van der Waals surface area contributed by atoms with Crippen molar-refractivity contribution in [3.8, 4) is 5.75 Å². The summed E-state index contributed by atoms with van der Waals surface area (Å²) in [5.74, 6) is 0.185. The van der Waals surface area contributed by atoms with Gasteiger partial charge in [-0.3, -0.25) is 10.1 Å². The van der Waals surface area contributed by atoms with E-state index in [1.54, 1.807) is 12.1 Å². The van der Waals surface area contributed by atoms with E-state index in [4.69, 9.17) is 17.0 Å². The number of aliphatic hydroxyl groups excluding tert-OH is 1. The zero-order valence-corrected chi connectivity index (χ0v) is 7.85. The Hall–Kier alpha value is -1.33. The third kappa shape index (κ3) is 2.12. The average Bonchev–Trinajstić information content (AvgIpc) is 2.19. The second-order valence-corrected chi connectivity index (χ2v) is 2.75. The summed E-state index contributed by atoms with van der Waals surface area (Å²) in [4.78, 5) is 9.96. The van der Waals surface area contributed by atoms with E-state index in [0.717, 1.165) is 0 Å². The maximum absolute atomic E-state index is 10.5. The average molecular weight is 218 g/mol. The van der Waals surface area contributed by atoms with E-state index in [0.29, 0.717) is 0 Å². The van der Waals surface area contributed by atoms with Crippen molar-refractivity contribution in [2.45, 2.75) is 6.04 Å². The predicted molar refractivity (Wildman–Crippen MR) is 49.7 cm³/mol. The summed E-state index contributed by atoms with van der Waals surface area (Å²) in [7, 11) is 0. The molecule has 0 saturated carbocycles. The fourth-order valence-electron chi connectivity index (χ4n) is 1.10. The number of nitro groups is 1. The molecule has 0 heterocycles. The first-order chi connectivity index (χ1) is 6.70. The number of halogens is 1. The summed E-state index contributed by atoms with van der Waals surface area (Å²) in [6.07, 6.45) is 0. The van der Waals surface area contributed by atoms with Gasteiger partial charge in [0.2, 0.25) is 0 Å². The summed E-state index contributed by atoms with van der Waals surface area (Å²) < 4.78 is 4.43. The molecule has 1 aromatic carbocycles. The summed E-state index contributed by atoms with van der Waals surface area (Å²) >= 11 is 5.13. The highest BCUT2D eigenvalue weighted by molar-refractivity contribution is 6.09. The molecule has 5 nitrogen and oxygen atoms in total. The second-order valence-electron chi connectivity index (χ2n) is 2.60. The Morgan fingerprint density at radius 3 is 2.71 bits per heavy atom. The van der Waals surface area contributed by atoms with Crippen LogP contribution >= 0.6 is 11.9 Å². The monoisotopic (exact) mass is 217 g/mol. The minimum absolute atomic E-state index is 0.185. The lowest BCUT2D eigenvalue weighted by atomic mass is 10.1. The first kappa shape index (κ1) is 10.7. The van der Waals surface area contributed by atoms with E-state index in [1.807, 2.05) is 0 Å². The quantitative estimate of drug-likeness (QED) is 0.613. The highest BCUT2D eigenvalue weighted by atomic mass is 35.5. The van der Waals surface area contributed by atoms with Gasteiger partial charge in [-0.2, -0.15) is 0 Å². The van der Waals surface area contributed by atoms with Crippen molar-refractivity contribution >= 4 is 11.9 Å². The normalized spacial score (nSPS) is 12.1. The molecular formula is C8H8ClNO4. The van der Waals surface area contributed by atoms with Gasteiger partial charge in [-0.15, -0.1) is 0 Å². The summed E-state index contributed by atoms with van der Waals surface area (Å²) in [5.41, 5.74) is 0.259. The van der Waals surface area contributed by atoms with Crippen LogP contribution in [0.1, 0.15) is 11.6 Å². The topological polar surface area (TPSA) is 72.6 Å². The van der Waals surface area contributed by atoms with Gasteiger partial charge in [0.05, 0.1) is 5.56 Å². The highest BCUT2D eigenvalue weighted by Gasteiger charge is 2.25. The lowest BCUT2D eigenvalue weighted by Gasteiger charge is -2.08. The van der Waals surface area contributed by atoms with Crippen molar-refractivity contribution in [2.24, 2.45) is 0 Å². The van der Waals surface area contributed by atoms with Crippen molar-refractivity contribution in [1.82, 2.24) is 0 Å². The van der Waals surface area contributed by atoms with Gasteiger partial charge in [0.25, 0.3) is 6.04 Å². The van der Waals surface area contributed by atoms with E-state index in [9.17, 15) is 10.1 Å². The molecule has 0 aliphatic rings. The fraction of sp³-hybridized carbons (Fsp3) is 0.250. The van der Waals surface area contributed by atoms with Gasteiger partial charge >= 0.3 is 0 Å². The number of nitrogens with zero attached hydrogens (tertiary/aromatic N) is 1. The van der Waals surface area contributed by atoms with Crippen molar-refractivity contribution in [1.29, 1.82) is 0 Å². The van der Waals surface area contributed by atoms with Crippen LogP contribution in [0, 0.1) is 10.1 Å². The van der Waals surface area contributed by atoms with Crippen LogP contribution in [0.5, 0.6) is 5.75 Å². The molecule has 0 fully saturated rings. The summed E-state index contributed by atoms with van der Waals surface area (Å²) in [5, 5.41) is 19.4. The van der Waals surface area contributed by atoms with Gasteiger partial charge in [-0.25, -0.2) is 0 Å². The number of hydrogen-bond acceptors (Lipinski definition) is 4. The van der Waals surface area contributed by atoms with E-state index in [1.165, 1.54) is 12.1 Å². The van der Waals surface area contributed by atoms with E-state index in [2.05, 4.69) is 4.29 Å². The molecule has 0 radical (unpaired) electrons. The minimum atomic E-state index is -1.20. The van der Waals surface area contributed by atoms with Gasteiger partial charge in [0, 0.05) is 4.92 Å². The summed E-state index contributed by atoms with van der Waals surface area (Å²) in [6, 6.07) is 5.02. The standard InChI is InChI=1S/C8H8ClNO4/c9-14-8-4-2-1-3-6(8)7(5-11)10(12)13/h1-4,7,11H,5H2. The Balaban J connectivity index is 3.08. The van der Waals surface area contributed by atoms with Gasteiger partial charge in [-0.05, 0) is 12.1 Å². The van der Waals surface area contributed by atoms with Crippen LogP contribution in [0.3, 0.4) is 0 Å². The van der Waals surface area contributed by atoms with Gasteiger partial charge in [0.1, 0.15) is 18.5 Å². The minimum Gasteiger partial charge on any atom is -0.389 e. The van der Waals surface area contributed by atoms with Crippen LogP contribution in [0.15, 0.2) is 24.3 Å². The molecule has 1 N–H and O–H groups in total. The van der Waals surface area contributed by atoms with E-state index < -0.39 is 17.6 Å². The van der Waals surface area contributed by atoms with Crippen LogP contribution in [-0.2, 0) is 0 Å². The Labute approximate surface area is 85.2 Å². The maximum Gasteiger partial charge on any atom is 0.264 e. The van der Waals surface area contributed by atoms with Crippen molar-refractivity contribution in [2.75, 3.05) is 6.61 Å². The Kier molecular flexibility index (Phi) is 3.67. The molecule has 0 aliphatic carbocycles. The molecule has 76 valence electrons. The van der Waals surface area contributed by atoms with Gasteiger partial charge in [-0.1, -0.05) is 12.1 Å². The molecule has 0 aromatic heterocycles. The van der Waals surface area contributed by atoms with Gasteiger partial charge in [0.15, 0.2) is 5.75 Å². The molecule has 0 saturated heterocycles. The number of hydrogen-bond donors (Lipinski definition) is 1.